The molecule has 170 valence electrons. The van der Waals surface area contributed by atoms with E-state index in [-0.39, 0.29) is 30.4 Å². The van der Waals surface area contributed by atoms with Crippen LogP contribution < -0.4 is 16.0 Å². The van der Waals surface area contributed by atoms with E-state index in [2.05, 4.69) is 21.1 Å². The SMILES string of the molecule is Cc1cc(C(=O)N[C@@H](Cc2ccc(F)cc2)C(=O)N[C@H](C=O)C[C@@H]2CCCNC2=O)no1. The summed E-state index contributed by atoms with van der Waals surface area (Å²) in [6.45, 7) is 2.23. The maximum absolute atomic E-state index is 13.2. The third-order valence-corrected chi connectivity index (χ3v) is 5.27. The van der Waals surface area contributed by atoms with Crippen molar-refractivity contribution in [3.8, 4) is 0 Å². The zero-order chi connectivity index (χ0) is 23.1. The molecule has 32 heavy (non-hydrogen) atoms. The highest BCUT2D eigenvalue weighted by Crippen LogP contribution is 2.17. The molecule has 0 saturated carbocycles. The van der Waals surface area contributed by atoms with E-state index in [0.29, 0.717) is 30.6 Å². The standard InChI is InChI=1S/C22H25FN4O5/c1-13-9-19(27-32-13)22(31)26-18(10-14-4-6-16(23)7-5-14)21(30)25-17(12-28)11-15-3-2-8-24-20(15)29/h4-7,9,12,15,17-18H,2-3,8,10-11H2,1H3,(H,24,29)(H,25,30)(H,26,31)/t15-,17-,18-/m0/s1. The highest BCUT2D eigenvalue weighted by atomic mass is 19.1. The number of aldehydes is 1. The van der Waals surface area contributed by atoms with Gasteiger partial charge < -0.3 is 25.3 Å². The summed E-state index contributed by atoms with van der Waals surface area (Å²) >= 11 is 0. The van der Waals surface area contributed by atoms with Crippen molar-refractivity contribution < 1.29 is 28.1 Å². The highest BCUT2D eigenvalue weighted by molar-refractivity contribution is 5.96. The second kappa shape index (κ2) is 10.7. The van der Waals surface area contributed by atoms with Crippen molar-refractivity contribution in [3.63, 3.8) is 0 Å². The van der Waals surface area contributed by atoms with E-state index in [4.69, 9.17) is 4.52 Å². The lowest BCUT2D eigenvalue weighted by atomic mass is 9.92. The third-order valence-electron chi connectivity index (χ3n) is 5.27. The average molecular weight is 444 g/mol. The van der Waals surface area contributed by atoms with E-state index < -0.39 is 29.7 Å². The van der Waals surface area contributed by atoms with Crippen molar-refractivity contribution in [3.05, 3.63) is 53.2 Å². The van der Waals surface area contributed by atoms with E-state index in [1.54, 1.807) is 6.92 Å². The number of carbonyl (C=O) groups is 4. The quantitative estimate of drug-likeness (QED) is 0.496. The monoisotopic (exact) mass is 444 g/mol. The van der Waals surface area contributed by atoms with Crippen LogP contribution in [0.2, 0.25) is 0 Å². The van der Waals surface area contributed by atoms with Crippen LogP contribution >= 0.6 is 0 Å². The van der Waals surface area contributed by atoms with E-state index in [1.165, 1.54) is 30.3 Å². The Morgan fingerprint density at radius 3 is 2.69 bits per heavy atom. The molecular formula is C22H25FN4O5. The summed E-state index contributed by atoms with van der Waals surface area (Å²) in [4.78, 5) is 49.1. The van der Waals surface area contributed by atoms with E-state index in [9.17, 15) is 23.6 Å². The minimum absolute atomic E-state index is 0.00483. The number of benzene rings is 1. The van der Waals surface area contributed by atoms with Crippen molar-refractivity contribution in [2.75, 3.05) is 6.54 Å². The molecule has 1 aliphatic heterocycles. The molecule has 0 bridgehead atoms. The van der Waals surface area contributed by atoms with Gasteiger partial charge in [-0.25, -0.2) is 4.39 Å². The van der Waals surface area contributed by atoms with Gasteiger partial charge in [0.1, 0.15) is 23.9 Å². The fourth-order valence-electron chi connectivity index (χ4n) is 3.57. The summed E-state index contributed by atoms with van der Waals surface area (Å²) in [5, 5.41) is 11.6. The summed E-state index contributed by atoms with van der Waals surface area (Å²) in [5.74, 6) is -1.74. The Balaban J connectivity index is 1.71. The molecule has 9 nitrogen and oxygen atoms in total. The maximum Gasteiger partial charge on any atom is 0.274 e. The van der Waals surface area contributed by atoms with Crippen molar-refractivity contribution in [1.29, 1.82) is 0 Å². The molecule has 1 aromatic heterocycles. The number of nitrogens with zero attached hydrogens (tertiary/aromatic N) is 1. The number of nitrogens with one attached hydrogen (secondary N) is 3. The van der Waals surface area contributed by atoms with Gasteiger partial charge in [0.2, 0.25) is 11.8 Å². The first-order valence-electron chi connectivity index (χ1n) is 10.4. The summed E-state index contributed by atoms with van der Waals surface area (Å²) in [7, 11) is 0. The van der Waals surface area contributed by atoms with Gasteiger partial charge in [0.15, 0.2) is 5.69 Å². The molecule has 3 N–H and O–H groups in total. The first-order chi connectivity index (χ1) is 15.4. The smallest absolute Gasteiger partial charge is 0.274 e. The predicted octanol–water partition coefficient (Wildman–Crippen LogP) is 1.06. The highest BCUT2D eigenvalue weighted by Gasteiger charge is 2.29. The van der Waals surface area contributed by atoms with Gasteiger partial charge in [0, 0.05) is 24.9 Å². The number of hydrogen-bond donors (Lipinski definition) is 3. The molecular weight excluding hydrogens is 419 g/mol. The Labute approximate surface area is 184 Å². The lowest BCUT2D eigenvalue weighted by Crippen LogP contribution is -2.52. The lowest BCUT2D eigenvalue weighted by molar-refractivity contribution is -0.129. The molecule has 0 aliphatic carbocycles. The first-order valence-corrected chi connectivity index (χ1v) is 10.4. The average Bonchev–Trinajstić information content (AvgIpc) is 3.22. The molecule has 1 saturated heterocycles. The molecule has 3 rings (SSSR count). The van der Waals surface area contributed by atoms with Crippen LogP contribution in [0.3, 0.4) is 0 Å². The Hall–Kier alpha value is -3.56. The van der Waals surface area contributed by atoms with Gasteiger partial charge in [-0.3, -0.25) is 14.4 Å². The zero-order valence-corrected chi connectivity index (χ0v) is 17.6. The van der Waals surface area contributed by atoms with Crippen molar-refractivity contribution in [2.45, 2.75) is 44.7 Å². The van der Waals surface area contributed by atoms with Gasteiger partial charge in [-0.1, -0.05) is 17.3 Å². The topological polar surface area (TPSA) is 130 Å². The summed E-state index contributed by atoms with van der Waals surface area (Å²) in [6.07, 6.45) is 2.24. The normalized spacial score (nSPS) is 17.7. The Kier molecular flexibility index (Phi) is 7.69. The fourth-order valence-corrected chi connectivity index (χ4v) is 3.57. The van der Waals surface area contributed by atoms with Gasteiger partial charge in [-0.05, 0) is 43.9 Å². The predicted molar refractivity (Wildman–Crippen MR) is 111 cm³/mol. The maximum atomic E-state index is 13.2. The fraction of sp³-hybridized carbons (Fsp3) is 0.409. The molecule has 1 fully saturated rings. The van der Waals surface area contributed by atoms with E-state index in [1.807, 2.05) is 0 Å². The summed E-state index contributed by atoms with van der Waals surface area (Å²) in [6, 6.07) is 4.99. The van der Waals surface area contributed by atoms with Crippen LogP contribution in [0.1, 0.15) is 41.1 Å². The number of piperidine rings is 1. The Morgan fingerprint density at radius 1 is 1.31 bits per heavy atom. The minimum atomic E-state index is -1.06. The molecule has 2 aromatic rings. The van der Waals surface area contributed by atoms with Crippen LogP contribution in [0.4, 0.5) is 4.39 Å². The Morgan fingerprint density at radius 2 is 2.06 bits per heavy atom. The summed E-state index contributed by atoms with van der Waals surface area (Å²) in [5.41, 5.74) is 0.614. The zero-order valence-electron chi connectivity index (χ0n) is 17.6. The van der Waals surface area contributed by atoms with Crippen LogP contribution in [0.5, 0.6) is 0 Å². The number of aryl methyl sites for hydroxylation is 1. The van der Waals surface area contributed by atoms with Gasteiger partial charge in [-0.15, -0.1) is 0 Å². The van der Waals surface area contributed by atoms with Gasteiger partial charge in [0.25, 0.3) is 5.91 Å². The molecule has 0 radical (unpaired) electrons. The molecule has 1 aliphatic rings. The van der Waals surface area contributed by atoms with Crippen molar-refractivity contribution in [1.82, 2.24) is 21.1 Å². The second-order valence-corrected chi connectivity index (χ2v) is 7.80. The van der Waals surface area contributed by atoms with Crippen LogP contribution in [0.15, 0.2) is 34.9 Å². The first kappa shape index (κ1) is 23.1. The van der Waals surface area contributed by atoms with Gasteiger partial charge >= 0.3 is 0 Å². The minimum Gasteiger partial charge on any atom is -0.361 e. The largest absolute Gasteiger partial charge is 0.361 e. The molecule has 0 spiro atoms. The second-order valence-electron chi connectivity index (χ2n) is 7.80. The van der Waals surface area contributed by atoms with Crippen molar-refractivity contribution in [2.24, 2.45) is 5.92 Å². The molecule has 1 aromatic carbocycles. The number of rotatable bonds is 9. The number of amides is 3. The van der Waals surface area contributed by atoms with Crippen LogP contribution in [-0.2, 0) is 20.8 Å². The van der Waals surface area contributed by atoms with Crippen LogP contribution in [-0.4, -0.2) is 47.8 Å². The molecule has 3 atom stereocenters. The van der Waals surface area contributed by atoms with Gasteiger partial charge in [-0.2, -0.15) is 0 Å². The van der Waals surface area contributed by atoms with Gasteiger partial charge in [0.05, 0.1) is 6.04 Å². The molecule has 10 heteroatoms. The van der Waals surface area contributed by atoms with Crippen molar-refractivity contribution >= 4 is 24.0 Å². The number of halogens is 1. The van der Waals surface area contributed by atoms with E-state index >= 15 is 0 Å². The van der Waals surface area contributed by atoms with Crippen LogP contribution in [0, 0.1) is 18.7 Å². The van der Waals surface area contributed by atoms with Crippen LogP contribution in [0.25, 0.3) is 0 Å². The number of hydrogen-bond acceptors (Lipinski definition) is 6. The Bertz CT molecular complexity index is 975. The molecule has 0 unspecified atom stereocenters. The number of aromatic nitrogens is 1. The summed E-state index contributed by atoms with van der Waals surface area (Å²) < 4.78 is 18.1. The third kappa shape index (κ3) is 6.22. The molecule has 2 heterocycles. The van der Waals surface area contributed by atoms with E-state index in [0.717, 1.165) is 6.42 Å². The molecule has 3 amide bonds. The number of carbonyl (C=O) groups excluding carboxylic acids is 4. The lowest BCUT2D eigenvalue weighted by Gasteiger charge is -2.26.